The number of nitrogens with one attached hydrogen (secondary N) is 1. The van der Waals surface area contributed by atoms with Crippen molar-refractivity contribution in [3.8, 4) is 0 Å². The summed E-state index contributed by atoms with van der Waals surface area (Å²) in [5.41, 5.74) is 3.13. The highest BCUT2D eigenvalue weighted by molar-refractivity contribution is 7.92. The fourth-order valence-corrected chi connectivity index (χ4v) is 6.26. The molecule has 0 unspecified atom stereocenters. The quantitative estimate of drug-likeness (QED) is 0.289. The number of nitrogens with zero attached hydrogens (tertiary/aromatic N) is 1. The van der Waals surface area contributed by atoms with Crippen molar-refractivity contribution in [1.29, 1.82) is 0 Å². The molecule has 0 aliphatic rings. The summed E-state index contributed by atoms with van der Waals surface area (Å²) < 4.78 is 29.1. The maximum Gasteiger partial charge on any atom is 0.265 e. The average Bonchev–Trinajstić information content (AvgIpc) is 3.24. The van der Waals surface area contributed by atoms with Crippen LogP contribution in [0.2, 0.25) is 5.02 Å². The Morgan fingerprint density at radius 1 is 1.00 bits per heavy atom. The molecule has 8 heteroatoms. The van der Waals surface area contributed by atoms with Gasteiger partial charge in [0.25, 0.3) is 15.9 Å². The van der Waals surface area contributed by atoms with Crippen LogP contribution in [-0.4, -0.2) is 20.9 Å². The summed E-state index contributed by atoms with van der Waals surface area (Å²) in [6.45, 7) is 6.12. The van der Waals surface area contributed by atoms with Crippen LogP contribution in [0.4, 0.5) is 11.4 Å². The van der Waals surface area contributed by atoms with E-state index in [9.17, 15) is 13.2 Å². The molecule has 0 spiro atoms. The third-order valence-electron chi connectivity index (χ3n) is 5.48. The van der Waals surface area contributed by atoms with Crippen molar-refractivity contribution in [2.75, 3.05) is 16.2 Å². The molecule has 1 heterocycles. The van der Waals surface area contributed by atoms with Crippen molar-refractivity contribution in [2.24, 2.45) is 0 Å². The third-order valence-corrected chi connectivity index (χ3v) is 8.84. The molecule has 4 rings (SSSR count). The fourth-order valence-electron chi connectivity index (χ4n) is 3.59. The van der Waals surface area contributed by atoms with E-state index in [1.807, 2.05) is 45.0 Å². The van der Waals surface area contributed by atoms with Crippen LogP contribution < -0.4 is 9.62 Å². The van der Waals surface area contributed by atoms with E-state index in [0.717, 1.165) is 21.2 Å². The van der Waals surface area contributed by atoms with Gasteiger partial charge in [-0.05, 0) is 79.7 Å². The predicted molar refractivity (Wildman–Crippen MR) is 142 cm³/mol. The molecule has 0 bridgehead atoms. The maximum atomic E-state index is 13.4. The van der Waals surface area contributed by atoms with Crippen LogP contribution >= 0.6 is 22.9 Å². The minimum atomic E-state index is -3.71. The van der Waals surface area contributed by atoms with Crippen molar-refractivity contribution < 1.29 is 13.2 Å². The number of fused-ring (bicyclic) bond motifs is 1. The van der Waals surface area contributed by atoms with Gasteiger partial charge in [-0.3, -0.25) is 9.10 Å². The molecule has 0 saturated carbocycles. The van der Waals surface area contributed by atoms with Gasteiger partial charge in [-0.1, -0.05) is 42.3 Å². The molecule has 0 atom stereocenters. The van der Waals surface area contributed by atoms with Crippen molar-refractivity contribution >= 4 is 60.3 Å². The van der Waals surface area contributed by atoms with Crippen LogP contribution in [0, 0.1) is 13.8 Å². The Hall–Kier alpha value is -2.87. The lowest BCUT2D eigenvalue weighted by Crippen LogP contribution is -2.31. The van der Waals surface area contributed by atoms with Gasteiger partial charge in [-0.15, -0.1) is 11.3 Å². The molecule has 34 heavy (non-hydrogen) atoms. The highest BCUT2D eigenvalue weighted by Crippen LogP contribution is 2.32. The van der Waals surface area contributed by atoms with Crippen molar-refractivity contribution in [2.45, 2.75) is 32.1 Å². The SMILES string of the molecule is CCCN(c1ccc2sc(C(=O)Nc3ccc(C)c(Cl)c3)cc2c1)S(=O)(=O)c1ccc(C)cc1. The first kappa shape index (κ1) is 24.3. The van der Waals surface area contributed by atoms with Crippen molar-refractivity contribution in [3.63, 3.8) is 0 Å². The first-order valence-corrected chi connectivity index (χ1v) is 13.5. The predicted octanol–water partition coefficient (Wildman–Crippen LogP) is 7.03. The summed E-state index contributed by atoms with van der Waals surface area (Å²) >= 11 is 7.52. The lowest BCUT2D eigenvalue weighted by Gasteiger charge is -2.24. The number of sulfonamides is 1. The molecular formula is C26H25ClN2O3S2. The van der Waals surface area contributed by atoms with Crippen LogP contribution in [0.15, 0.2) is 71.6 Å². The topological polar surface area (TPSA) is 66.5 Å². The maximum absolute atomic E-state index is 13.4. The number of thiophene rings is 1. The number of hydrogen-bond acceptors (Lipinski definition) is 4. The Morgan fingerprint density at radius 3 is 2.41 bits per heavy atom. The number of amides is 1. The highest BCUT2D eigenvalue weighted by Gasteiger charge is 2.25. The van der Waals surface area contributed by atoms with Gasteiger partial charge in [-0.2, -0.15) is 0 Å². The summed E-state index contributed by atoms with van der Waals surface area (Å²) in [6.07, 6.45) is 0.666. The van der Waals surface area contributed by atoms with Gasteiger partial charge in [0.1, 0.15) is 0 Å². The van der Waals surface area contributed by atoms with Gasteiger partial charge in [0.05, 0.1) is 15.5 Å². The molecule has 1 aromatic heterocycles. The standard InChI is InChI=1S/C26H25ClN2O3S2/c1-4-13-29(34(31,32)22-10-5-17(2)6-11-22)21-9-12-24-19(14-21)15-25(33-24)26(30)28-20-8-7-18(3)23(27)16-20/h5-12,14-16H,4,13H2,1-3H3,(H,28,30). The van der Waals surface area contributed by atoms with Gasteiger partial charge in [-0.25, -0.2) is 8.42 Å². The van der Waals surface area contributed by atoms with E-state index >= 15 is 0 Å². The first-order valence-electron chi connectivity index (χ1n) is 10.9. The number of halogens is 1. The fraction of sp³-hybridized carbons (Fsp3) is 0.192. The molecule has 4 aromatic rings. The van der Waals surface area contributed by atoms with Crippen LogP contribution in [-0.2, 0) is 10.0 Å². The molecule has 1 amide bonds. The molecule has 0 saturated heterocycles. The Morgan fingerprint density at radius 2 is 1.74 bits per heavy atom. The van der Waals surface area contributed by atoms with Gasteiger partial charge >= 0.3 is 0 Å². The highest BCUT2D eigenvalue weighted by atomic mass is 35.5. The lowest BCUT2D eigenvalue weighted by molar-refractivity contribution is 0.103. The number of benzene rings is 3. The number of rotatable bonds is 7. The lowest BCUT2D eigenvalue weighted by atomic mass is 10.2. The van der Waals surface area contributed by atoms with Crippen molar-refractivity contribution in [1.82, 2.24) is 0 Å². The Bertz CT molecular complexity index is 1460. The molecule has 0 aliphatic carbocycles. The van der Waals surface area contributed by atoms with Crippen LogP contribution in [0.5, 0.6) is 0 Å². The van der Waals surface area contributed by atoms with E-state index < -0.39 is 10.0 Å². The summed E-state index contributed by atoms with van der Waals surface area (Å²) in [5, 5.41) is 4.28. The van der Waals surface area contributed by atoms with Gasteiger partial charge < -0.3 is 5.32 Å². The average molecular weight is 513 g/mol. The Kier molecular flexibility index (Phi) is 6.98. The van der Waals surface area contributed by atoms with E-state index in [1.165, 1.54) is 15.6 Å². The molecule has 0 fully saturated rings. The minimum Gasteiger partial charge on any atom is -0.321 e. The summed E-state index contributed by atoms with van der Waals surface area (Å²) in [5.74, 6) is -0.236. The summed E-state index contributed by atoms with van der Waals surface area (Å²) in [6, 6.07) is 19.5. The number of carbonyl (C=O) groups is 1. The second-order valence-electron chi connectivity index (χ2n) is 8.14. The monoisotopic (exact) mass is 512 g/mol. The van der Waals surface area contributed by atoms with Gasteiger partial charge in [0, 0.05) is 22.0 Å². The minimum absolute atomic E-state index is 0.236. The van der Waals surface area contributed by atoms with Crippen LogP contribution in [0.25, 0.3) is 10.1 Å². The molecular weight excluding hydrogens is 488 g/mol. The van der Waals surface area contributed by atoms with E-state index in [4.69, 9.17) is 11.6 Å². The van der Waals surface area contributed by atoms with Gasteiger partial charge in [0.15, 0.2) is 0 Å². The molecule has 176 valence electrons. The molecule has 5 nitrogen and oxygen atoms in total. The molecule has 0 radical (unpaired) electrons. The van der Waals surface area contributed by atoms with E-state index in [-0.39, 0.29) is 10.8 Å². The number of aryl methyl sites for hydroxylation is 2. The summed E-state index contributed by atoms with van der Waals surface area (Å²) in [4.78, 5) is 13.6. The molecule has 0 aliphatic heterocycles. The van der Waals surface area contributed by atoms with E-state index in [1.54, 1.807) is 42.5 Å². The van der Waals surface area contributed by atoms with E-state index in [0.29, 0.717) is 34.2 Å². The zero-order valence-corrected chi connectivity index (χ0v) is 21.5. The zero-order valence-electron chi connectivity index (χ0n) is 19.1. The smallest absolute Gasteiger partial charge is 0.265 e. The largest absolute Gasteiger partial charge is 0.321 e. The second kappa shape index (κ2) is 9.78. The zero-order chi connectivity index (χ0) is 24.5. The van der Waals surface area contributed by atoms with Crippen molar-refractivity contribution in [3.05, 3.63) is 87.8 Å². The number of carbonyl (C=O) groups excluding carboxylic acids is 1. The second-order valence-corrected chi connectivity index (χ2v) is 11.5. The first-order chi connectivity index (χ1) is 16.2. The number of hydrogen-bond donors (Lipinski definition) is 1. The Labute approximate surface area is 209 Å². The van der Waals surface area contributed by atoms with Gasteiger partial charge in [0.2, 0.25) is 0 Å². The molecule has 3 aromatic carbocycles. The third kappa shape index (κ3) is 4.97. The number of anilines is 2. The van der Waals surface area contributed by atoms with Crippen LogP contribution in [0.1, 0.15) is 34.1 Å². The normalized spacial score (nSPS) is 11.5. The van der Waals surface area contributed by atoms with E-state index in [2.05, 4.69) is 5.32 Å². The molecule has 1 N–H and O–H groups in total. The Balaban J connectivity index is 1.65. The van der Waals surface area contributed by atoms with Crippen LogP contribution in [0.3, 0.4) is 0 Å². The summed E-state index contributed by atoms with van der Waals surface area (Å²) in [7, 11) is -3.71.